The number of carbonyl (C=O) groups is 1. The number of hydrogen-bond donors (Lipinski definition) is 2. The minimum Gasteiger partial charge on any atom is -0.378 e. The fourth-order valence-electron chi connectivity index (χ4n) is 2.30. The van der Waals surface area contributed by atoms with Gasteiger partial charge >= 0.3 is 6.03 Å². The highest BCUT2D eigenvalue weighted by molar-refractivity contribution is 7.13. The fourth-order valence-corrected chi connectivity index (χ4v) is 2.82. The van der Waals surface area contributed by atoms with E-state index in [4.69, 9.17) is 4.74 Å². The largest absolute Gasteiger partial charge is 0.378 e. The number of nitrogens with zero attached hydrogens (tertiary/aromatic N) is 1. The minimum atomic E-state index is -0.207. The van der Waals surface area contributed by atoms with Gasteiger partial charge in [0.2, 0.25) is 0 Å². The monoisotopic (exact) mass is 269 g/mol. The average molecular weight is 269 g/mol. The van der Waals surface area contributed by atoms with E-state index < -0.39 is 0 Å². The molecule has 0 radical (unpaired) electrons. The van der Waals surface area contributed by atoms with Crippen molar-refractivity contribution in [2.75, 3.05) is 12.4 Å². The maximum Gasteiger partial charge on any atom is 0.321 e. The zero-order valence-corrected chi connectivity index (χ0v) is 11.9. The molecule has 6 heteroatoms. The van der Waals surface area contributed by atoms with Crippen molar-refractivity contribution in [2.45, 2.75) is 38.8 Å². The van der Waals surface area contributed by atoms with Gasteiger partial charge in [-0.25, -0.2) is 9.78 Å². The number of hydrogen-bond acceptors (Lipinski definition) is 4. The lowest BCUT2D eigenvalue weighted by molar-refractivity contribution is -0.177. The first-order valence-electron chi connectivity index (χ1n) is 5.91. The highest BCUT2D eigenvalue weighted by Crippen LogP contribution is 2.51. The third-order valence-corrected chi connectivity index (χ3v) is 4.92. The summed E-state index contributed by atoms with van der Waals surface area (Å²) in [5, 5.41) is 8.13. The molecule has 2 N–H and O–H groups in total. The van der Waals surface area contributed by atoms with Gasteiger partial charge in [0.15, 0.2) is 5.13 Å². The number of methoxy groups -OCH3 is 1. The van der Waals surface area contributed by atoms with Gasteiger partial charge in [-0.3, -0.25) is 5.32 Å². The van der Waals surface area contributed by atoms with Crippen LogP contribution >= 0.6 is 11.3 Å². The molecule has 1 aliphatic carbocycles. The summed E-state index contributed by atoms with van der Waals surface area (Å²) in [6, 6.07) is -0.0939. The molecule has 1 saturated carbocycles. The minimum absolute atomic E-state index is 0.0814. The second-order valence-electron chi connectivity index (χ2n) is 5.35. The van der Waals surface area contributed by atoms with E-state index in [2.05, 4.69) is 36.4 Å². The van der Waals surface area contributed by atoms with Gasteiger partial charge in [-0.05, 0) is 13.3 Å². The smallest absolute Gasteiger partial charge is 0.321 e. The van der Waals surface area contributed by atoms with E-state index >= 15 is 0 Å². The lowest BCUT2D eigenvalue weighted by Crippen LogP contribution is -2.68. The molecule has 0 aromatic carbocycles. The molecule has 0 bridgehead atoms. The van der Waals surface area contributed by atoms with Crippen molar-refractivity contribution in [3.05, 3.63) is 11.6 Å². The van der Waals surface area contributed by atoms with E-state index in [1.807, 2.05) is 5.38 Å². The Labute approximate surface area is 111 Å². The summed E-state index contributed by atoms with van der Waals surface area (Å²) in [5.74, 6) is 0. The molecule has 1 fully saturated rings. The van der Waals surface area contributed by atoms with Gasteiger partial charge in [0.25, 0.3) is 0 Å². The predicted octanol–water partition coefficient (Wildman–Crippen LogP) is 2.47. The Kier molecular flexibility index (Phi) is 3.33. The fraction of sp³-hybridized carbons (Fsp3) is 0.667. The van der Waals surface area contributed by atoms with Crippen molar-refractivity contribution >= 4 is 22.5 Å². The summed E-state index contributed by atoms with van der Waals surface area (Å²) in [6.07, 6.45) is 2.48. The van der Waals surface area contributed by atoms with Crippen LogP contribution in [0, 0.1) is 5.41 Å². The first-order chi connectivity index (χ1) is 8.39. The average Bonchev–Trinajstić information content (AvgIpc) is 2.80. The van der Waals surface area contributed by atoms with Crippen LogP contribution < -0.4 is 10.6 Å². The van der Waals surface area contributed by atoms with Crippen molar-refractivity contribution in [1.29, 1.82) is 0 Å². The molecule has 1 heterocycles. The Morgan fingerprint density at radius 3 is 2.78 bits per heavy atom. The lowest BCUT2D eigenvalue weighted by atomic mass is 9.56. The highest BCUT2D eigenvalue weighted by atomic mass is 32.1. The van der Waals surface area contributed by atoms with E-state index in [-0.39, 0.29) is 23.1 Å². The van der Waals surface area contributed by atoms with Gasteiger partial charge in [0, 0.05) is 30.1 Å². The van der Waals surface area contributed by atoms with Gasteiger partial charge in [-0.2, -0.15) is 0 Å². The summed E-state index contributed by atoms with van der Waals surface area (Å²) in [5.41, 5.74) is -0.256. The van der Waals surface area contributed by atoms with Crippen LogP contribution in [0.4, 0.5) is 9.93 Å². The second kappa shape index (κ2) is 4.51. The van der Waals surface area contributed by atoms with Crippen molar-refractivity contribution in [3.8, 4) is 0 Å². The number of anilines is 1. The van der Waals surface area contributed by atoms with Crippen LogP contribution in [0.15, 0.2) is 11.6 Å². The number of urea groups is 1. The van der Waals surface area contributed by atoms with E-state index in [1.165, 1.54) is 11.3 Å². The summed E-state index contributed by atoms with van der Waals surface area (Å²) in [7, 11) is 1.72. The molecule has 0 unspecified atom stereocenters. The summed E-state index contributed by atoms with van der Waals surface area (Å²) < 4.78 is 5.52. The Balaban J connectivity index is 1.90. The van der Waals surface area contributed by atoms with Crippen LogP contribution in [0.2, 0.25) is 0 Å². The molecule has 0 saturated heterocycles. The molecule has 2 amide bonds. The van der Waals surface area contributed by atoms with Crippen LogP contribution in [0.3, 0.4) is 0 Å². The zero-order valence-electron chi connectivity index (χ0n) is 11.1. The van der Waals surface area contributed by atoms with Gasteiger partial charge in [-0.15, -0.1) is 11.3 Å². The second-order valence-corrected chi connectivity index (χ2v) is 6.24. The van der Waals surface area contributed by atoms with Gasteiger partial charge in [0.05, 0.1) is 5.60 Å². The van der Waals surface area contributed by atoms with Crippen molar-refractivity contribution < 1.29 is 9.53 Å². The molecule has 0 aliphatic heterocycles. The third-order valence-electron chi connectivity index (χ3n) is 4.24. The Hall–Kier alpha value is -1.14. The highest BCUT2D eigenvalue weighted by Gasteiger charge is 2.58. The number of carbonyl (C=O) groups excluding carboxylic acids is 1. The van der Waals surface area contributed by atoms with E-state index in [0.29, 0.717) is 5.13 Å². The predicted molar refractivity (Wildman–Crippen MR) is 71.9 cm³/mol. The molecule has 18 heavy (non-hydrogen) atoms. The molecule has 2 rings (SSSR count). The Morgan fingerprint density at radius 1 is 1.56 bits per heavy atom. The first-order valence-corrected chi connectivity index (χ1v) is 6.79. The molecule has 0 spiro atoms. The molecule has 2 atom stereocenters. The molecular formula is C12H19N3O2S. The standard InChI is InChI=1S/C12H19N3O2S/c1-11(2)8(7-12(11,3)17-4)14-9(16)15-10-13-5-6-18-10/h5-6,8H,7H2,1-4H3,(H2,13,14,15,16)/t8-,12+/m1/s1. The molecule has 1 aliphatic rings. The number of rotatable bonds is 3. The van der Waals surface area contributed by atoms with Gasteiger partial charge in [-0.1, -0.05) is 13.8 Å². The number of ether oxygens (including phenoxy) is 1. The van der Waals surface area contributed by atoms with Crippen LogP contribution in [0.25, 0.3) is 0 Å². The number of aromatic nitrogens is 1. The molecular weight excluding hydrogens is 250 g/mol. The molecule has 1 aromatic heterocycles. The lowest BCUT2D eigenvalue weighted by Gasteiger charge is -2.58. The Morgan fingerprint density at radius 2 is 2.28 bits per heavy atom. The van der Waals surface area contributed by atoms with E-state index in [1.54, 1.807) is 13.3 Å². The topological polar surface area (TPSA) is 63.2 Å². The zero-order chi connectivity index (χ0) is 13.4. The van der Waals surface area contributed by atoms with Crippen LogP contribution in [0.1, 0.15) is 27.2 Å². The van der Waals surface area contributed by atoms with Crippen molar-refractivity contribution in [3.63, 3.8) is 0 Å². The van der Waals surface area contributed by atoms with Crippen molar-refractivity contribution in [2.24, 2.45) is 5.41 Å². The van der Waals surface area contributed by atoms with Gasteiger partial charge in [0.1, 0.15) is 0 Å². The third kappa shape index (κ3) is 2.10. The van der Waals surface area contributed by atoms with Crippen LogP contribution in [-0.4, -0.2) is 29.8 Å². The Bertz CT molecular complexity index is 433. The van der Waals surface area contributed by atoms with E-state index in [0.717, 1.165) is 6.42 Å². The maximum atomic E-state index is 11.8. The van der Waals surface area contributed by atoms with Crippen molar-refractivity contribution in [1.82, 2.24) is 10.3 Å². The van der Waals surface area contributed by atoms with Crippen LogP contribution in [-0.2, 0) is 4.74 Å². The summed E-state index contributed by atoms with van der Waals surface area (Å²) >= 11 is 1.40. The number of nitrogens with one attached hydrogen (secondary N) is 2. The molecule has 100 valence electrons. The summed E-state index contributed by atoms with van der Waals surface area (Å²) in [4.78, 5) is 15.8. The normalized spacial score (nSPS) is 29.4. The number of thiazole rings is 1. The molecule has 5 nitrogen and oxygen atoms in total. The molecule has 1 aromatic rings. The quantitative estimate of drug-likeness (QED) is 0.886. The summed E-state index contributed by atoms with van der Waals surface area (Å²) in [6.45, 7) is 6.28. The number of amides is 2. The van der Waals surface area contributed by atoms with E-state index in [9.17, 15) is 4.79 Å². The van der Waals surface area contributed by atoms with Gasteiger partial charge < -0.3 is 10.1 Å². The van der Waals surface area contributed by atoms with Crippen LogP contribution in [0.5, 0.6) is 0 Å². The maximum absolute atomic E-state index is 11.8. The first kappa shape index (κ1) is 13.3. The SMILES string of the molecule is CO[C@@]1(C)C[C@@H](NC(=O)Nc2nccs2)C1(C)C.